The average molecular weight is 268 g/mol. The predicted octanol–water partition coefficient (Wildman–Crippen LogP) is -0.109. The molecule has 1 aromatic heterocycles. The lowest BCUT2D eigenvalue weighted by molar-refractivity contribution is 0.930. The number of hydrogen-bond acceptors (Lipinski definition) is 4. The highest BCUT2D eigenvalue weighted by atomic mass is 32.2. The zero-order chi connectivity index (χ0) is 13.4. The number of nitriles is 1. The zero-order valence-corrected chi connectivity index (χ0v) is 11.1. The largest absolute Gasteiger partial charge is 0.355 e. The van der Waals surface area contributed by atoms with Crippen LogP contribution in [0.5, 0.6) is 0 Å². The molecule has 1 rings (SSSR count). The van der Waals surface area contributed by atoms with Gasteiger partial charge in [0.05, 0.1) is 0 Å². The summed E-state index contributed by atoms with van der Waals surface area (Å²) in [5, 5.41) is 13.9. The molecule has 0 saturated heterocycles. The third-order valence-electron chi connectivity index (χ3n) is 2.20. The lowest BCUT2D eigenvalue weighted by Crippen LogP contribution is -2.35. The van der Waals surface area contributed by atoms with Crippen molar-refractivity contribution in [3.8, 4) is 6.19 Å². The van der Waals surface area contributed by atoms with E-state index in [2.05, 4.69) is 25.6 Å². The predicted molar refractivity (Wildman–Crippen MR) is 72.4 cm³/mol. The Bertz CT molecular complexity index is 497. The molecule has 0 bridgehead atoms. The first-order valence-corrected chi connectivity index (χ1v) is 6.54. The number of thioether (sulfide) groups is 1. The average Bonchev–Trinajstić information content (AvgIpc) is 2.66. The fourth-order valence-corrected chi connectivity index (χ4v) is 2.18. The second-order valence-electron chi connectivity index (χ2n) is 3.47. The Hall–Kier alpha value is -1.88. The summed E-state index contributed by atoms with van der Waals surface area (Å²) in [6, 6.07) is 0. The molecule has 0 fully saturated rings. The lowest BCUT2D eigenvalue weighted by Gasteiger charge is -2.06. The maximum atomic E-state index is 11.0. The van der Waals surface area contributed by atoms with Crippen molar-refractivity contribution in [2.75, 3.05) is 19.3 Å². The van der Waals surface area contributed by atoms with E-state index < -0.39 is 0 Å². The summed E-state index contributed by atoms with van der Waals surface area (Å²) >= 11 is 1.69. The first-order valence-electron chi connectivity index (χ1n) is 5.38. The molecule has 4 N–H and O–H groups in total. The van der Waals surface area contributed by atoms with Gasteiger partial charge in [-0.3, -0.25) is 10.3 Å². The van der Waals surface area contributed by atoms with E-state index in [1.54, 1.807) is 25.0 Å². The number of nitrogens with zero attached hydrogens (tertiary/aromatic N) is 2. The Kier molecular flexibility index (Phi) is 5.87. The van der Waals surface area contributed by atoms with Crippen molar-refractivity contribution in [2.24, 2.45) is 4.99 Å². The van der Waals surface area contributed by atoms with Crippen LogP contribution in [0.2, 0.25) is 0 Å². The van der Waals surface area contributed by atoms with Crippen molar-refractivity contribution in [2.45, 2.75) is 12.7 Å². The zero-order valence-electron chi connectivity index (χ0n) is 10.3. The third kappa shape index (κ3) is 4.55. The molecule has 8 heteroatoms. The number of aromatic nitrogens is 2. The summed E-state index contributed by atoms with van der Waals surface area (Å²) in [6.07, 6.45) is 1.80. The van der Waals surface area contributed by atoms with Gasteiger partial charge in [0.1, 0.15) is 0 Å². The lowest BCUT2D eigenvalue weighted by atomic mass is 10.4. The third-order valence-corrected chi connectivity index (χ3v) is 3.19. The van der Waals surface area contributed by atoms with Crippen LogP contribution in [0, 0.1) is 18.4 Å². The number of hydrogen-bond donors (Lipinski definition) is 4. The van der Waals surface area contributed by atoms with Gasteiger partial charge in [-0.25, -0.2) is 4.79 Å². The van der Waals surface area contributed by atoms with Gasteiger partial charge in [0.25, 0.3) is 0 Å². The molecule has 0 saturated carbocycles. The topological polar surface area (TPSA) is 109 Å². The second kappa shape index (κ2) is 7.45. The molecule has 0 aliphatic carbocycles. The van der Waals surface area contributed by atoms with Crippen molar-refractivity contribution < 1.29 is 0 Å². The fourth-order valence-electron chi connectivity index (χ4n) is 1.30. The Labute approximate surface area is 109 Å². The Morgan fingerprint density at radius 3 is 2.89 bits per heavy atom. The van der Waals surface area contributed by atoms with Crippen LogP contribution in [0.1, 0.15) is 11.4 Å². The highest BCUT2D eigenvalue weighted by Crippen LogP contribution is 2.10. The molecule has 0 unspecified atom stereocenters. The van der Waals surface area contributed by atoms with E-state index >= 15 is 0 Å². The molecule has 18 heavy (non-hydrogen) atoms. The van der Waals surface area contributed by atoms with Crippen LogP contribution in [-0.4, -0.2) is 35.3 Å². The van der Waals surface area contributed by atoms with Crippen LogP contribution in [0.3, 0.4) is 0 Å². The summed E-state index contributed by atoms with van der Waals surface area (Å²) in [6.45, 7) is 2.56. The number of aryl methyl sites for hydroxylation is 1. The smallest absolute Gasteiger partial charge is 0.323 e. The van der Waals surface area contributed by atoms with Crippen LogP contribution in [0.15, 0.2) is 9.79 Å². The van der Waals surface area contributed by atoms with Gasteiger partial charge in [0, 0.05) is 36.5 Å². The molecular weight excluding hydrogens is 252 g/mol. The minimum atomic E-state index is -0.167. The van der Waals surface area contributed by atoms with Gasteiger partial charge in [0.15, 0.2) is 6.19 Å². The van der Waals surface area contributed by atoms with Crippen molar-refractivity contribution in [1.82, 2.24) is 20.6 Å². The van der Waals surface area contributed by atoms with Crippen LogP contribution < -0.4 is 16.3 Å². The fraction of sp³-hybridized carbons (Fsp3) is 0.500. The monoisotopic (exact) mass is 268 g/mol. The molecular formula is C10H16N6OS. The van der Waals surface area contributed by atoms with Crippen LogP contribution in [0.25, 0.3) is 0 Å². The van der Waals surface area contributed by atoms with Gasteiger partial charge in [0.2, 0.25) is 5.96 Å². The molecule has 1 heterocycles. The SMILES string of the molecule is CN=C(NC#N)NCCSCc1[nH]c(=O)[nH]c1C. The van der Waals surface area contributed by atoms with Crippen LogP contribution in [-0.2, 0) is 5.75 Å². The number of rotatable bonds is 5. The van der Waals surface area contributed by atoms with Crippen LogP contribution >= 0.6 is 11.8 Å². The Balaban J connectivity index is 2.22. The minimum absolute atomic E-state index is 0.167. The molecule has 0 amide bonds. The van der Waals surface area contributed by atoms with Crippen molar-refractivity contribution in [3.05, 3.63) is 21.9 Å². The second-order valence-corrected chi connectivity index (χ2v) is 4.58. The standard InChI is InChI=1S/C10H16N6OS/c1-7-8(16-10(17)15-7)5-18-4-3-13-9(12-2)14-6-11/h3-5H2,1-2H3,(H2,12,13,14)(H2,15,16,17). The number of H-pyrrole nitrogens is 2. The first kappa shape index (κ1) is 14.2. The highest BCUT2D eigenvalue weighted by Gasteiger charge is 2.02. The molecule has 0 aliphatic heterocycles. The number of nitrogens with one attached hydrogen (secondary N) is 4. The first-order chi connectivity index (χ1) is 8.67. The van der Waals surface area contributed by atoms with Gasteiger partial charge in [-0.1, -0.05) is 0 Å². The van der Waals surface area contributed by atoms with E-state index in [-0.39, 0.29) is 5.69 Å². The number of aromatic amines is 2. The van der Waals surface area contributed by atoms with Gasteiger partial charge in [-0.15, -0.1) is 0 Å². The molecule has 0 atom stereocenters. The molecule has 98 valence electrons. The summed E-state index contributed by atoms with van der Waals surface area (Å²) in [5.74, 6) is 2.05. The van der Waals surface area contributed by atoms with E-state index in [0.29, 0.717) is 12.5 Å². The van der Waals surface area contributed by atoms with E-state index in [0.717, 1.165) is 22.9 Å². The number of imidazole rings is 1. The molecule has 7 nitrogen and oxygen atoms in total. The normalized spacial score (nSPS) is 11.1. The summed E-state index contributed by atoms with van der Waals surface area (Å²) in [7, 11) is 1.60. The summed E-state index contributed by atoms with van der Waals surface area (Å²) in [4.78, 5) is 20.3. The molecule has 0 aromatic carbocycles. The van der Waals surface area contributed by atoms with E-state index in [9.17, 15) is 4.79 Å². The van der Waals surface area contributed by atoms with Gasteiger partial charge >= 0.3 is 5.69 Å². The number of guanidine groups is 1. The van der Waals surface area contributed by atoms with Crippen molar-refractivity contribution >= 4 is 17.7 Å². The molecule has 1 aromatic rings. The van der Waals surface area contributed by atoms with Gasteiger partial charge in [-0.2, -0.15) is 17.0 Å². The van der Waals surface area contributed by atoms with Crippen molar-refractivity contribution in [1.29, 1.82) is 5.26 Å². The summed E-state index contributed by atoms with van der Waals surface area (Å²) in [5.41, 5.74) is 1.63. The van der Waals surface area contributed by atoms with Gasteiger partial charge in [-0.05, 0) is 6.92 Å². The van der Waals surface area contributed by atoms with E-state index in [1.807, 2.05) is 6.92 Å². The van der Waals surface area contributed by atoms with Crippen LogP contribution in [0.4, 0.5) is 0 Å². The maximum absolute atomic E-state index is 11.0. The highest BCUT2D eigenvalue weighted by molar-refractivity contribution is 7.98. The van der Waals surface area contributed by atoms with E-state index in [4.69, 9.17) is 5.26 Å². The Morgan fingerprint density at radius 2 is 2.33 bits per heavy atom. The Morgan fingerprint density at radius 1 is 1.56 bits per heavy atom. The number of aliphatic imine (C=N–C) groups is 1. The quantitative estimate of drug-likeness (QED) is 0.196. The van der Waals surface area contributed by atoms with Gasteiger partial charge < -0.3 is 15.3 Å². The minimum Gasteiger partial charge on any atom is -0.355 e. The molecule has 0 aliphatic rings. The van der Waals surface area contributed by atoms with E-state index in [1.165, 1.54) is 0 Å². The molecule has 0 spiro atoms. The molecule has 0 radical (unpaired) electrons. The summed E-state index contributed by atoms with van der Waals surface area (Å²) < 4.78 is 0. The van der Waals surface area contributed by atoms with Crippen molar-refractivity contribution in [3.63, 3.8) is 0 Å². The maximum Gasteiger partial charge on any atom is 0.323 e.